The Kier molecular flexibility index (Phi) is 7.46. The smallest absolute Gasteiger partial charge is 0.650 e. The average Bonchev–Trinajstić information content (AvgIpc) is 2.40. The molecule has 0 aliphatic carbocycles. The Bertz CT molecular complexity index is 394. The molecule has 112 valence electrons. The fourth-order valence-corrected chi connectivity index (χ4v) is 2.64. The fraction of sp³-hybridized carbons (Fsp3) is 0.647. The van der Waals surface area contributed by atoms with E-state index in [1.165, 1.54) is 5.56 Å². The van der Waals surface area contributed by atoms with E-state index in [9.17, 15) is 0 Å². The van der Waals surface area contributed by atoms with Gasteiger partial charge in [0.2, 0.25) is 0 Å². The van der Waals surface area contributed by atoms with Crippen molar-refractivity contribution in [3.05, 3.63) is 41.2 Å². The molecule has 1 aromatic rings. The standard InChI is InChI=1S/C17H28N3.Li/c1-17(2,3)18-16(15-8-6-5-7-9-15)14-20-12-10-19(4)11-13-20;/h5-9,16H,10-14H2,1-4H3;/q-1;+1/t16-;/m0./s1. The van der Waals surface area contributed by atoms with E-state index in [2.05, 4.69) is 68.0 Å². The third-order valence-electron chi connectivity index (χ3n) is 3.75. The molecular formula is C17H28LiN3. The molecule has 1 atom stereocenters. The van der Waals surface area contributed by atoms with Crippen LogP contribution in [0.5, 0.6) is 0 Å². The van der Waals surface area contributed by atoms with Crippen LogP contribution in [0.1, 0.15) is 32.4 Å². The second-order valence-corrected chi connectivity index (χ2v) is 6.83. The first-order valence-corrected chi connectivity index (χ1v) is 7.62. The molecule has 2 rings (SSSR count). The molecule has 0 bridgehead atoms. The minimum absolute atomic E-state index is 0. The van der Waals surface area contributed by atoms with E-state index in [0.29, 0.717) is 0 Å². The zero-order chi connectivity index (χ0) is 14.6. The van der Waals surface area contributed by atoms with Crippen LogP contribution in [0.15, 0.2) is 30.3 Å². The Labute approximate surface area is 142 Å². The number of hydrogen-bond acceptors (Lipinski definition) is 2. The summed E-state index contributed by atoms with van der Waals surface area (Å²) in [6.45, 7) is 12.2. The molecule has 0 aromatic heterocycles. The summed E-state index contributed by atoms with van der Waals surface area (Å²) in [5.74, 6) is 0. The van der Waals surface area contributed by atoms with Gasteiger partial charge in [0.25, 0.3) is 0 Å². The Balaban J connectivity index is 0.00000220. The Morgan fingerprint density at radius 3 is 2.14 bits per heavy atom. The summed E-state index contributed by atoms with van der Waals surface area (Å²) in [6, 6.07) is 11.0. The van der Waals surface area contributed by atoms with Crippen molar-refractivity contribution in [2.45, 2.75) is 32.4 Å². The van der Waals surface area contributed by atoms with Crippen LogP contribution < -0.4 is 18.9 Å². The van der Waals surface area contributed by atoms with Crippen LogP contribution >= 0.6 is 0 Å². The monoisotopic (exact) mass is 281 g/mol. The van der Waals surface area contributed by atoms with E-state index >= 15 is 0 Å². The van der Waals surface area contributed by atoms with Gasteiger partial charge in [-0.1, -0.05) is 62.7 Å². The molecule has 0 spiro atoms. The molecule has 0 radical (unpaired) electrons. The molecule has 1 heterocycles. The maximum absolute atomic E-state index is 5.04. The van der Waals surface area contributed by atoms with Crippen LogP contribution in [-0.4, -0.2) is 55.1 Å². The predicted molar refractivity (Wildman–Crippen MR) is 86.2 cm³/mol. The summed E-state index contributed by atoms with van der Waals surface area (Å²) in [4.78, 5) is 4.95. The van der Waals surface area contributed by atoms with Crippen molar-refractivity contribution in [1.82, 2.24) is 9.80 Å². The second-order valence-electron chi connectivity index (χ2n) is 6.83. The molecule has 1 aliphatic heterocycles. The molecule has 1 aliphatic rings. The van der Waals surface area contributed by atoms with E-state index in [1.54, 1.807) is 0 Å². The summed E-state index contributed by atoms with van der Waals surface area (Å²) >= 11 is 0. The molecular weight excluding hydrogens is 253 g/mol. The molecule has 0 saturated carbocycles. The second kappa shape index (κ2) is 8.36. The van der Waals surface area contributed by atoms with Gasteiger partial charge < -0.3 is 15.1 Å². The van der Waals surface area contributed by atoms with Crippen molar-refractivity contribution in [3.8, 4) is 0 Å². The number of benzene rings is 1. The molecule has 1 aromatic carbocycles. The van der Waals surface area contributed by atoms with Crippen LogP contribution in [0.2, 0.25) is 0 Å². The number of likely N-dealkylation sites (N-methyl/N-ethyl adjacent to an activating group) is 1. The van der Waals surface area contributed by atoms with Crippen LogP contribution in [0.25, 0.3) is 5.32 Å². The predicted octanol–water partition coefficient (Wildman–Crippen LogP) is 0.151. The molecule has 0 N–H and O–H groups in total. The topological polar surface area (TPSA) is 20.6 Å². The van der Waals surface area contributed by atoms with Gasteiger partial charge in [-0.3, -0.25) is 0 Å². The molecule has 1 saturated heterocycles. The van der Waals surface area contributed by atoms with Crippen LogP contribution in [-0.2, 0) is 0 Å². The van der Waals surface area contributed by atoms with E-state index in [4.69, 9.17) is 5.32 Å². The minimum atomic E-state index is 0. The van der Waals surface area contributed by atoms with Gasteiger partial charge in [-0.25, -0.2) is 0 Å². The van der Waals surface area contributed by atoms with Gasteiger partial charge in [0, 0.05) is 26.2 Å². The number of hydrogen-bond donors (Lipinski definition) is 0. The molecule has 1 fully saturated rings. The van der Waals surface area contributed by atoms with Crippen molar-refractivity contribution in [2.24, 2.45) is 0 Å². The molecule has 21 heavy (non-hydrogen) atoms. The van der Waals surface area contributed by atoms with Gasteiger partial charge in [-0.05, 0) is 13.6 Å². The molecule has 3 nitrogen and oxygen atoms in total. The van der Waals surface area contributed by atoms with Gasteiger partial charge >= 0.3 is 18.9 Å². The van der Waals surface area contributed by atoms with Gasteiger partial charge in [0.15, 0.2) is 0 Å². The van der Waals surface area contributed by atoms with E-state index < -0.39 is 0 Å². The van der Waals surface area contributed by atoms with Crippen LogP contribution in [0.4, 0.5) is 0 Å². The van der Waals surface area contributed by atoms with Gasteiger partial charge in [0.1, 0.15) is 0 Å². The number of piperazine rings is 1. The fourth-order valence-electron chi connectivity index (χ4n) is 2.64. The van der Waals surface area contributed by atoms with Crippen LogP contribution in [0.3, 0.4) is 0 Å². The van der Waals surface area contributed by atoms with Crippen molar-refractivity contribution in [2.75, 3.05) is 39.8 Å². The third-order valence-corrected chi connectivity index (χ3v) is 3.75. The summed E-state index contributed by atoms with van der Waals surface area (Å²) < 4.78 is 0. The Morgan fingerprint density at radius 1 is 1.05 bits per heavy atom. The van der Waals surface area contributed by atoms with Crippen molar-refractivity contribution in [1.29, 1.82) is 0 Å². The quantitative estimate of drug-likeness (QED) is 0.733. The van der Waals surface area contributed by atoms with Gasteiger partial charge in [-0.2, -0.15) is 0 Å². The number of rotatable bonds is 4. The van der Waals surface area contributed by atoms with Gasteiger partial charge in [0.05, 0.1) is 0 Å². The first-order valence-electron chi connectivity index (χ1n) is 7.62. The maximum atomic E-state index is 5.04. The summed E-state index contributed by atoms with van der Waals surface area (Å²) in [7, 11) is 2.20. The summed E-state index contributed by atoms with van der Waals surface area (Å²) in [5.41, 5.74) is 1.34. The largest absolute Gasteiger partial charge is 1.00 e. The van der Waals surface area contributed by atoms with Crippen LogP contribution in [0, 0.1) is 0 Å². The molecule has 0 unspecified atom stereocenters. The minimum Gasteiger partial charge on any atom is -0.650 e. The van der Waals surface area contributed by atoms with Crippen molar-refractivity contribution >= 4 is 0 Å². The third kappa shape index (κ3) is 6.55. The maximum Gasteiger partial charge on any atom is 1.00 e. The first kappa shape index (κ1) is 18.7. The molecule has 4 heteroatoms. The first-order chi connectivity index (χ1) is 9.44. The zero-order valence-corrected chi connectivity index (χ0v) is 14.3. The zero-order valence-electron chi connectivity index (χ0n) is 14.3. The summed E-state index contributed by atoms with van der Waals surface area (Å²) in [5, 5.41) is 5.04. The number of nitrogens with zero attached hydrogens (tertiary/aromatic N) is 3. The normalized spacial score (nSPS) is 19.0. The summed E-state index contributed by atoms with van der Waals surface area (Å²) in [6.07, 6.45) is 0. The Hall–Kier alpha value is -0.303. The molecule has 0 amide bonds. The van der Waals surface area contributed by atoms with Crippen molar-refractivity contribution < 1.29 is 18.9 Å². The SMILES string of the molecule is CN1CCN(C[C@H]([N-]C(C)(C)C)c2ccccc2)CC1.[Li+]. The average molecular weight is 281 g/mol. The Morgan fingerprint density at radius 2 is 1.62 bits per heavy atom. The van der Waals surface area contributed by atoms with E-state index in [0.717, 1.165) is 32.7 Å². The van der Waals surface area contributed by atoms with Gasteiger partial charge in [-0.15, -0.1) is 5.54 Å². The van der Waals surface area contributed by atoms with Crippen molar-refractivity contribution in [3.63, 3.8) is 0 Å². The van der Waals surface area contributed by atoms with E-state index in [-0.39, 0.29) is 30.4 Å². The van der Waals surface area contributed by atoms with E-state index in [1.807, 2.05) is 0 Å².